The summed E-state index contributed by atoms with van der Waals surface area (Å²) in [6, 6.07) is 16.2. The molecule has 0 unspecified atom stereocenters. The fourth-order valence-electron chi connectivity index (χ4n) is 3.24. The summed E-state index contributed by atoms with van der Waals surface area (Å²) in [7, 11) is 3.64. The van der Waals surface area contributed by atoms with Crippen molar-refractivity contribution in [1.29, 1.82) is 0 Å². The molecule has 0 heterocycles. The van der Waals surface area contributed by atoms with Crippen LogP contribution in [0, 0.1) is 5.92 Å². The first-order valence-electron chi connectivity index (χ1n) is 10.0. The number of hydrogen-bond donors (Lipinski definition) is 2. The van der Waals surface area contributed by atoms with Gasteiger partial charge in [0, 0.05) is 19.6 Å². The number of rotatable bonds is 12. The minimum absolute atomic E-state index is 0.231. The van der Waals surface area contributed by atoms with Crippen LogP contribution in [0.1, 0.15) is 24.0 Å². The molecule has 0 aromatic heterocycles. The standard InChI is InChI=1S/C23H32N2O3/c1-25(15-19-6-4-3-5-7-19)16-21(26)17-28-23-12-20(10-11-22(23)27-2)14-24-13-18-8-9-18/h3-7,10-12,18,21,24,26H,8-9,13-17H2,1-2H3/t21-/m0/s1. The Labute approximate surface area is 168 Å². The normalized spacial score (nSPS) is 14.9. The molecule has 1 aliphatic carbocycles. The van der Waals surface area contributed by atoms with E-state index in [-0.39, 0.29) is 6.61 Å². The molecule has 1 fully saturated rings. The number of hydrogen-bond acceptors (Lipinski definition) is 5. The molecule has 152 valence electrons. The van der Waals surface area contributed by atoms with Crippen molar-refractivity contribution in [2.45, 2.75) is 32.0 Å². The van der Waals surface area contributed by atoms with Crippen LogP contribution in [0.25, 0.3) is 0 Å². The second kappa shape index (κ2) is 10.5. The quantitative estimate of drug-likeness (QED) is 0.589. The molecule has 2 N–H and O–H groups in total. The van der Waals surface area contributed by atoms with Crippen LogP contribution < -0.4 is 14.8 Å². The molecular formula is C23H32N2O3. The van der Waals surface area contributed by atoms with E-state index in [2.05, 4.69) is 28.4 Å². The lowest BCUT2D eigenvalue weighted by Crippen LogP contribution is -2.32. The predicted molar refractivity (Wildman–Crippen MR) is 112 cm³/mol. The number of nitrogens with zero attached hydrogens (tertiary/aromatic N) is 1. The van der Waals surface area contributed by atoms with Crippen LogP contribution in [0.15, 0.2) is 48.5 Å². The Balaban J connectivity index is 1.47. The van der Waals surface area contributed by atoms with Crippen molar-refractivity contribution in [1.82, 2.24) is 10.2 Å². The fourth-order valence-corrected chi connectivity index (χ4v) is 3.24. The largest absolute Gasteiger partial charge is 0.493 e. The Morgan fingerprint density at radius 3 is 2.61 bits per heavy atom. The first-order chi connectivity index (χ1) is 13.6. The maximum absolute atomic E-state index is 10.4. The highest BCUT2D eigenvalue weighted by molar-refractivity contribution is 5.43. The zero-order chi connectivity index (χ0) is 19.8. The molecule has 2 aromatic rings. The van der Waals surface area contributed by atoms with E-state index in [0.29, 0.717) is 18.0 Å². The molecule has 5 nitrogen and oxygen atoms in total. The van der Waals surface area contributed by atoms with Gasteiger partial charge in [-0.25, -0.2) is 0 Å². The highest BCUT2D eigenvalue weighted by Gasteiger charge is 2.20. The number of nitrogens with one attached hydrogen (secondary N) is 1. The van der Waals surface area contributed by atoms with E-state index in [4.69, 9.17) is 9.47 Å². The first-order valence-corrected chi connectivity index (χ1v) is 10.0. The van der Waals surface area contributed by atoms with E-state index < -0.39 is 6.10 Å². The first kappa shape index (κ1) is 20.6. The SMILES string of the molecule is COc1ccc(CNCC2CC2)cc1OC[C@@H](O)CN(C)Cc1ccccc1. The van der Waals surface area contributed by atoms with Crippen LogP contribution in [0.5, 0.6) is 11.5 Å². The van der Waals surface area contributed by atoms with Gasteiger partial charge < -0.3 is 19.9 Å². The zero-order valence-corrected chi connectivity index (χ0v) is 16.9. The Bertz CT molecular complexity index is 719. The smallest absolute Gasteiger partial charge is 0.161 e. The summed E-state index contributed by atoms with van der Waals surface area (Å²) in [5.74, 6) is 2.23. The van der Waals surface area contributed by atoms with Crippen LogP contribution >= 0.6 is 0 Å². The average molecular weight is 385 g/mol. The van der Waals surface area contributed by atoms with Crippen molar-refractivity contribution < 1.29 is 14.6 Å². The van der Waals surface area contributed by atoms with Crippen molar-refractivity contribution in [3.8, 4) is 11.5 Å². The predicted octanol–water partition coefficient (Wildman–Crippen LogP) is 3.07. The van der Waals surface area contributed by atoms with E-state index >= 15 is 0 Å². The van der Waals surface area contributed by atoms with Crippen LogP contribution in [0.3, 0.4) is 0 Å². The molecule has 2 aromatic carbocycles. The van der Waals surface area contributed by atoms with Crippen molar-refractivity contribution in [2.24, 2.45) is 5.92 Å². The van der Waals surface area contributed by atoms with Gasteiger partial charge in [0.15, 0.2) is 11.5 Å². The summed E-state index contributed by atoms with van der Waals surface area (Å²) >= 11 is 0. The summed E-state index contributed by atoms with van der Waals surface area (Å²) < 4.78 is 11.3. The van der Waals surface area contributed by atoms with E-state index in [0.717, 1.165) is 31.1 Å². The Kier molecular flexibility index (Phi) is 7.71. The summed E-state index contributed by atoms with van der Waals surface area (Å²) in [4.78, 5) is 2.10. The Morgan fingerprint density at radius 2 is 1.89 bits per heavy atom. The van der Waals surface area contributed by atoms with Gasteiger partial charge in [0.2, 0.25) is 0 Å². The number of ether oxygens (including phenoxy) is 2. The van der Waals surface area contributed by atoms with Crippen molar-refractivity contribution >= 4 is 0 Å². The number of aliphatic hydroxyl groups is 1. The lowest BCUT2D eigenvalue weighted by molar-refractivity contribution is 0.0732. The van der Waals surface area contributed by atoms with Gasteiger partial charge in [-0.1, -0.05) is 36.4 Å². The second-order valence-corrected chi connectivity index (χ2v) is 7.71. The van der Waals surface area contributed by atoms with Crippen molar-refractivity contribution in [3.63, 3.8) is 0 Å². The molecule has 1 aliphatic rings. The van der Waals surface area contributed by atoms with Gasteiger partial charge >= 0.3 is 0 Å². The van der Waals surface area contributed by atoms with Crippen LogP contribution in [-0.4, -0.2) is 50.0 Å². The molecular weight excluding hydrogens is 352 g/mol. The average Bonchev–Trinajstić information content (AvgIpc) is 3.51. The lowest BCUT2D eigenvalue weighted by atomic mass is 10.2. The van der Waals surface area contributed by atoms with E-state index in [1.54, 1.807) is 7.11 Å². The van der Waals surface area contributed by atoms with Crippen molar-refractivity contribution in [3.05, 3.63) is 59.7 Å². The number of benzene rings is 2. The van der Waals surface area contributed by atoms with Crippen LogP contribution in [-0.2, 0) is 13.1 Å². The number of aliphatic hydroxyl groups excluding tert-OH is 1. The molecule has 0 saturated heterocycles. The zero-order valence-electron chi connectivity index (χ0n) is 16.9. The molecule has 0 bridgehead atoms. The third-order valence-electron chi connectivity index (χ3n) is 4.94. The van der Waals surface area contributed by atoms with Gasteiger partial charge in [0.25, 0.3) is 0 Å². The highest BCUT2D eigenvalue weighted by Crippen LogP contribution is 2.29. The van der Waals surface area contributed by atoms with Gasteiger partial charge in [-0.2, -0.15) is 0 Å². The maximum atomic E-state index is 10.4. The number of likely N-dealkylation sites (N-methyl/N-ethyl adjacent to an activating group) is 1. The van der Waals surface area contributed by atoms with E-state index in [1.807, 2.05) is 37.4 Å². The molecule has 1 saturated carbocycles. The van der Waals surface area contributed by atoms with Crippen LogP contribution in [0.4, 0.5) is 0 Å². The summed E-state index contributed by atoms with van der Waals surface area (Å²) in [5.41, 5.74) is 2.39. The third-order valence-corrected chi connectivity index (χ3v) is 4.94. The summed E-state index contributed by atoms with van der Waals surface area (Å²) in [5, 5.41) is 13.9. The molecule has 0 radical (unpaired) electrons. The minimum atomic E-state index is -0.574. The molecule has 0 aliphatic heterocycles. The second-order valence-electron chi connectivity index (χ2n) is 7.71. The fraction of sp³-hybridized carbons (Fsp3) is 0.478. The van der Waals surface area contributed by atoms with Gasteiger partial charge in [-0.3, -0.25) is 4.90 Å². The Morgan fingerprint density at radius 1 is 1.11 bits per heavy atom. The Hall–Kier alpha value is -2.08. The molecule has 5 heteroatoms. The van der Waals surface area contributed by atoms with Gasteiger partial charge in [-0.15, -0.1) is 0 Å². The van der Waals surface area contributed by atoms with Crippen LogP contribution in [0.2, 0.25) is 0 Å². The van der Waals surface area contributed by atoms with Crippen molar-refractivity contribution in [2.75, 3.05) is 33.9 Å². The van der Waals surface area contributed by atoms with Gasteiger partial charge in [0.05, 0.1) is 7.11 Å². The minimum Gasteiger partial charge on any atom is -0.493 e. The van der Waals surface area contributed by atoms with E-state index in [9.17, 15) is 5.11 Å². The monoisotopic (exact) mass is 384 g/mol. The lowest BCUT2D eigenvalue weighted by Gasteiger charge is -2.21. The molecule has 1 atom stereocenters. The maximum Gasteiger partial charge on any atom is 0.161 e. The van der Waals surface area contributed by atoms with Gasteiger partial charge in [0.1, 0.15) is 12.7 Å². The summed E-state index contributed by atoms with van der Waals surface area (Å²) in [6.45, 7) is 3.46. The molecule has 28 heavy (non-hydrogen) atoms. The highest BCUT2D eigenvalue weighted by atomic mass is 16.5. The molecule has 0 amide bonds. The molecule has 3 rings (SSSR count). The summed E-state index contributed by atoms with van der Waals surface area (Å²) in [6.07, 6.45) is 2.12. The topological polar surface area (TPSA) is 54.0 Å². The third kappa shape index (κ3) is 6.82. The molecule has 0 spiro atoms. The van der Waals surface area contributed by atoms with Gasteiger partial charge in [-0.05, 0) is 55.6 Å². The number of methoxy groups -OCH3 is 1. The van der Waals surface area contributed by atoms with E-state index in [1.165, 1.54) is 18.4 Å².